The molecule has 192 valence electrons. The molecule has 1 aliphatic heterocycles. The predicted octanol–water partition coefficient (Wildman–Crippen LogP) is 3.37. The lowest BCUT2D eigenvalue weighted by molar-refractivity contribution is 0.0681. The zero-order chi connectivity index (χ0) is 25.7. The lowest BCUT2D eigenvalue weighted by atomic mass is 9.96. The van der Waals surface area contributed by atoms with Crippen LogP contribution in [0.2, 0.25) is 0 Å². The van der Waals surface area contributed by atoms with Crippen molar-refractivity contribution in [1.29, 1.82) is 0 Å². The molecular formula is C28H36N4O4. The van der Waals surface area contributed by atoms with Gasteiger partial charge in [0.05, 0.1) is 12.1 Å². The number of aliphatic hydroxyl groups excluding tert-OH is 1. The first-order chi connectivity index (χ1) is 17.4. The Balaban J connectivity index is 1.35. The molecule has 2 heterocycles. The van der Waals surface area contributed by atoms with E-state index in [0.717, 1.165) is 54.5 Å². The summed E-state index contributed by atoms with van der Waals surface area (Å²) in [6.45, 7) is 7.21. The van der Waals surface area contributed by atoms with Crippen molar-refractivity contribution in [2.45, 2.75) is 39.2 Å². The zero-order valence-electron chi connectivity index (χ0n) is 21.4. The number of aromatic nitrogens is 2. The van der Waals surface area contributed by atoms with Gasteiger partial charge in [0.15, 0.2) is 0 Å². The summed E-state index contributed by atoms with van der Waals surface area (Å²) < 4.78 is 6.98. The van der Waals surface area contributed by atoms with Crippen LogP contribution in [0.3, 0.4) is 0 Å². The Hall–Kier alpha value is -3.23. The SMILES string of the molecule is COCCNC(=O)c1ccc2nn(CC3CCN(C(=O)c4ccc(C(C)CO)cc4)CC3)cc2c1C. The van der Waals surface area contributed by atoms with Crippen LogP contribution in [0.25, 0.3) is 10.9 Å². The third-order valence-corrected chi connectivity index (χ3v) is 7.19. The van der Waals surface area contributed by atoms with Crippen molar-refractivity contribution in [3.8, 4) is 0 Å². The summed E-state index contributed by atoms with van der Waals surface area (Å²) in [5.74, 6) is 0.465. The number of nitrogens with zero attached hydrogens (tertiary/aromatic N) is 3. The number of aryl methyl sites for hydroxylation is 1. The third-order valence-electron chi connectivity index (χ3n) is 7.19. The van der Waals surface area contributed by atoms with Gasteiger partial charge in [-0.15, -0.1) is 0 Å². The van der Waals surface area contributed by atoms with Crippen LogP contribution in [-0.4, -0.2) is 71.6 Å². The van der Waals surface area contributed by atoms with Gasteiger partial charge in [-0.25, -0.2) is 0 Å². The summed E-state index contributed by atoms with van der Waals surface area (Å²) in [5.41, 5.74) is 4.19. The quantitative estimate of drug-likeness (QED) is 0.447. The minimum absolute atomic E-state index is 0.0633. The molecule has 0 aliphatic carbocycles. The molecule has 1 saturated heterocycles. The first-order valence-corrected chi connectivity index (χ1v) is 12.6. The van der Waals surface area contributed by atoms with Crippen LogP contribution in [0, 0.1) is 12.8 Å². The standard InChI is InChI=1S/C28H36N4O4/c1-19(18-33)22-4-6-23(7-5-22)28(35)31-13-10-21(11-14-31)16-32-17-25-20(2)24(8-9-26(25)30-32)27(34)29-12-15-36-3/h4-9,17,19,21,33H,10-16,18H2,1-3H3,(H,29,34). The van der Waals surface area contributed by atoms with E-state index >= 15 is 0 Å². The van der Waals surface area contributed by atoms with Gasteiger partial charge in [0.2, 0.25) is 0 Å². The number of rotatable bonds is 9. The molecule has 1 aliphatic rings. The van der Waals surface area contributed by atoms with E-state index in [0.29, 0.717) is 30.2 Å². The van der Waals surface area contributed by atoms with Crippen LogP contribution in [0.4, 0.5) is 0 Å². The number of methoxy groups -OCH3 is 1. The molecule has 8 heteroatoms. The van der Waals surface area contributed by atoms with Gasteiger partial charge in [0.25, 0.3) is 11.8 Å². The molecule has 2 N–H and O–H groups in total. The highest BCUT2D eigenvalue weighted by Gasteiger charge is 2.24. The Kier molecular flexibility index (Phi) is 8.38. The number of aliphatic hydroxyl groups is 1. The number of amides is 2. The minimum Gasteiger partial charge on any atom is -0.396 e. The Morgan fingerprint density at radius 2 is 1.89 bits per heavy atom. The molecule has 8 nitrogen and oxygen atoms in total. The van der Waals surface area contributed by atoms with E-state index in [4.69, 9.17) is 9.84 Å². The number of fused-ring (bicyclic) bond motifs is 1. The average Bonchev–Trinajstić information content (AvgIpc) is 3.32. The van der Waals surface area contributed by atoms with E-state index in [1.165, 1.54) is 0 Å². The second kappa shape index (κ2) is 11.7. The average molecular weight is 493 g/mol. The molecule has 3 aromatic rings. The van der Waals surface area contributed by atoms with Crippen molar-refractivity contribution in [3.63, 3.8) is 0 Å². The summed E-state index contributed by atoms with van der Waals surface area (Å²) >= 11 is 0. The Morgan fingerprint density at radius 3 is 2.56 bits per heavy atom. The fourth-order valence-electron chi connectivity index (χ4n) is 4.81. The molecule has 0 saturated carbocycles. The summed E-state index contributed by atoms with van der Waals surface area (Å²) in [5, 5.41) is 17.9. The normalized spacial score (nSPS) is 15.3. The number of benzene rings is 2. The maximum absolute atomic E-state index is 13.0. The van der Waals surface area contributed by atoms with Crippen molar-refractivity contribution < 1.29 is 19.4 Å². The lowest BCUT2D eigenvalue weighted by Crippen LogP contribution is -2.39. The molecule has 0 radical (unpaired) electrons. The van der Waals surface area contributed by atoms with E-state index < -0.39 is 0 Å². The molecule has 2 aromatic carbocycles. The number of piperidine rings is 1. The molecule has 4 rings (SSSR count). The largest absolute Gasteiger partial charge is 0.396 e. The minimum atomic E-state index is -0.103. The number of carbonyl (C=O) groups is 2. The second-order valence-corrected chi connectivity index (χ2v) is 9.71. The topological polar surface area (TPSA) is 96.7 Å². The lowest BCUT2D eigenvalue weighted by Gasteiger charge is -2.32. The van der Waals surface area contributed by atoms with Gasteiger partial charge < -0.3 is 20.1 Å². The van der Waals surface area contributed by atoms with Crippen molar-refractivity contribution in [1.82, 2.24) is 20.0 Å². The van der Waals surface area contributed by atoms with Crippen molar-refractivity contribution >= 4 is 22.7 Å². The van der Waals surface area contributed by atoms with E-state index in [-0.39, 0.29) is 24.3 Å². The first kappa shape index (κ1) is 25.9. The molecule has 1 fully saturated rings. The Morgan fingerprint density at radius 1 is 1.17 bits per heavy atom. The molecule has 36 heavy (non-hydrogen) atoms. The maximum Gasteiger partial charge on any atom is 0.253 e. The number of carbonyl (C=O) groups excluding carboxylic acids is 2. The van der Waals surface area contributed by atoms with Crippen LogP contribution in [0.15, 0.2) is 42.6 Å². The van der Waals surface area contributed by atoms with Crippen LogP contribution in [0.5, 0.6) is 0 Å². The van der Waals surface area contributed by atoms with Crippen molar-refractivity contribution in [2.75, 3.05) is 40.0 Å². The van der Waals surface area contributed by atoms with Crippen LogP contribution < -0.4 is 5.32 Å². The summed E-state index contributed by atoms with van der Waals surface area (Å²) in [6, 6.07) is 11.3. The number of nitrogens with one attached hydrogen (secondary N) is 1. The number of hydrogen-bond acceptors (Lipinski definition) is 5. The van der Waals surface area contributed by atoms with Gasteiger partial charge >= 0.3 is 0 Å². The predicted molar refractivity (Wildman–Crippen MR) is 139 cm³/mol. The number of hydrogen-bond donors (Lipinski definition) is 2. The van der Waals surface area contributed by atoms with Crippen molar-refractivity contribution in [2.24, 2.45) is 5.92 Å². The maximum atomic E-state index is 13.0. The highest BCUT2D eigenvalue weighted by atomic mass is 16.5. The van der Waals surface area contributed by atoms with Gasteiger partial charge in [0.1, 0.15) is 0 Å². The smallest absolute Gasteiger partial charge is 0.253 e. The zero-order valence-corrected chi connectivity index (χ0v) is 21.4. The first-order valence-electron chi connectivity index (χ1n) is 12.6. The summed E-state index contributed by atoms with van der Waals surface area (Å²) in [4.78, 5) is 27.4. The summed E-state index contributed by atoms with van der Waals surface area (Å²) in [6.07, 6.45) is 3.88. The van der Waals surface area contributed by atoms with Gasteiger partial charge in [-0.05, 0) is 61.1 Å². The fourth-order valence-corrected chi connectivity index (χ4v) is 4.81. The van der Waals surface area contributed by atoms with E-state index in [1.54, 1.807) is 7.11 Å². The molecule has 1 unspecified atom stereocenters. The summed E-state index contributed by atoms with van der Waals surface area (Å²) in [7, 11) is 1.61. The second-order valence-electron chi connectivity index (χ2n) is 9.71. The highest BCUT2D eigenvalue weighted by molar-refractivity contribution is 6.00. The monoisotopic (exact) mass is 492 g/mol. The number of ether oxygens (including phenoxy) is 1. The van der Waals surface area contributed by atoms with E-state index in [2.05, 4.69) is 5.32 Å². The molecule has 1 aromatic heterocycles. The van der Waals surface area contributed by atoms with Crippen LogP contribution >= 0.6 is 0 Å². The Bertz CT molecular complexity index is 1200. The van der Waals surface area contributed by atoms with Crippen LogP contribution in [0.1, 0.15) is 57.5 Å². The van der Waals surface area contributed by atoms with Gasteiger partial charge in [0, 0.05) is 68.5 Å². The number of likely N-dealkylation sites (tertiary alicyclic amines) is 1. The van der Waals surface area contributed by atoms with Gasteiger partial charge in [-0.3, -0.25) is 14.3 Å². The molecule has 2 amide bonds. The van der Waals surface area contributed by atoms with Crippen LogP contribution in [-0.2, 0) is 11.3 Å². The third kappa shape index (κ3) is 5.77. The van der Waals surface area contributed by atoms with Gasteiger partial charge in [-0.2, -0.15) is 5.10 Å². The van der Waals surface area contributed by atoms with E-state index in [1.807, 2.05) is 66.0 Å². The Labute approximate surface area is 212 Å². The molecule has 0 bridgehead atoms. The van der Waals surface area contributed by atoms with E-state index in [9.17, 15) is 14.7 Å². The molecule has 0 spiro atoms. The molecule has 1 atom stereocenters. The van der Waals surface area contributed by atoms with Gasteiger partial charge in [-0.1, -0.05) is 19.1 Å². The fraction of sp³-hybridized carbons (Fsp3) is 0.464. The molecular weight excluding hydrogens is 456 g/mol. The highest BCUT2D eigenvalue weighted by Crippen LogP contribution is 2.25. The van der Waals surface area contributed by atoms with Crippen molar-refractivity contribution in [3.05, 3.63) is 64.8 Å².